The smallest absolute Gasteiger partial charge is 0.123 e. The average Bonchev–Trinajstić information content (AvgIpc) is 2.73. The van der Waals surface area contributed by atoms with Crippen molar-refractivity contribution in [1.29, 1.82) is 0 Å². The van der Waals surface area contributed by atoms with E-state index in [0.29, 0.717) is 6.04 Å². The Bertz CT molecular complexity index is 560. The second kappa shape index (κ2) is 6.18. The largest absolute Gasteiger partial charge is 0.307 e. The van der Waals surface area contributed by atoms with Crippen LogP contribution in [0.3, 0.4) is 0 Å². The van der Waals surface area contributed by atoms with Crippen LogP contribution < -0.4 is 5.32 Å². The maximum Gasteiger partial charge on any atom is 0.123 e. The average molecular weight is 275 g/mol. The first-order chi connectivity index (χ1) is 9.47. The minimum absolute atomic E-state index is 0.186. The first-order valence-corrected chi connectivity index (χ1v) is 6.96. The van der Waals surface area contributed by atoms with Gasteiger partial charge in [0.25, 0.3) is 0 Å². The van der Waals surface area contributed by atoms with Crippen LogP contribution in [-0.2, 0) is 13.5 Å². The normalized spacial score (nSPS) is 14.2. The van der Waals surface area contributed by atoms with Crippen LogP contribution in [0.4, 0.5) is 4.39 Å². The maximum absolute atomic E-state index is 12.9. The number of aromatic nitrogens is 2. The van der Waals surface area contributed by atoms with E-state index in [2.05, 4.69) is 31.2 Å². The highest BCUT2D eigenvalue weighted by Gasteiger charge is 2.14. The lowest BCUT2D eigenvalue weighted by molar-refractivity contribution is 0.475. The molecule has 20 heavy (non-hydrogen) atoms. The molecule has 2 atom stereocenters. The molecule has 2 aromatic rings. The summed E-state index contributed by atoms with van der Waals surface area (Å²) in [5.41, 5.74) is 3.54. The van der Waals surface area contributed by atoms with Crippen molar-refractivity contribution in [1.82, 2.24) is 15.1 Å². The summed E-state index contributed by atoms with van der Waals surface area (Å²) in [5.74, 6) is -0.186. The second-order valence-electron chi connectivity index (χ2n) is 5.43. The molecule has 1 aromatic carbocycles. The Morgan fingerprint density at radius 3 is 2.45 bits per heavy atom. The van der Waals surface area contributed by atoms with Crippen LogP contribution in [-0.4, -0.2) is 15.8 Å². The zero-order valence-electron chi connectivity index (χ0n) is 12.5. The number of hydrogen-bond acceptors (Lipinski definition) is 2. The van der Waals surface area contributed by atoms with E-state index < -0.39 is 0 Å². The number of halogens is 1. The number of aryl methyl sites for hydroxylation is 1. The summed E-state index contributed by atoms with van der Waals surface area (Å²) in [7, 11) is 1.95. The molecular weight excluding hydrogens is 253 g/mol. The van der Waals surface area contributed by atoms with Gasteiger partial charge in [-0.05, 0) is 44.9 Å². The molecule has 0 aliphatic heterocycles. The predicted octanol–water partition coefficient (Wildman–Crippen LogP) is 3.15. The third kappa shape index (κ3) is 3.45. The van der Waals surface area contributed by atoms with Crippen molar-refractivity contribution < 1.29 is 4.39 Å². The molecule has 0 amide bonds. The number of nitrogens with one attached hydrogen (secondary N) is 1. The van der Waals surface area contributed by atoms with Gasteiger partial charge < -0.3 is 5.32 Å². The van der Waals surface area contributed by atoms with Gasteiger partial charge in [0.05, 0.1) is 6.20 Å². The van der Waals surface area contributed by atoms with Crippen molar-refractivity contribution >= 4 is 0 Å². The number of nitrogens with zero attached hydrogens (tertiary/aromatic N) is 2. The van der Waals surface area contributed by atoms with Gasteiger partial charge in [-0.2, -0.15) is 5.10 Å². The molecule has 1 aromatic heterocycles. The molecule has 2 rings (SSSR count). The van der Waals surface area contributed by atoms with Gasteiger partial charge in [0.1, 0.15) is 5.82 Å². The first kappa shape index (κ1) is 14.7. The molecule has 1 N–H and O–H groups in total. The number of hydrogen-bond donors (Lipinski definition) is 1. The summed E-state index contributed by atoms with van der Waals surface area (Å²) < 4.78 is 14.8. The monoisotopic (exact) mass is 275 g/mol. The minimum atomic E-state index is -0.186. The van der Waals surface area contributed by atoms with Crippen molar-refractivity contribution in [2.24, 2.45) is 7.05 Å². The third-order valence-corrected chi connectivity index (χ3v) is 3.73. The summed E-state index contributed by atoms with van der Waals surface area (Å²) in [6.45, 7) is 6.36. The summed E-state index contributed by atoms with van der Waals surface area (Å²) >= 11 is 0. The molecule has 3 nitrogen and oxygen atoms in total. The fourth-order valence-corrected chi connectivity index (χ4v) is 2.49. The van der Waals surface area contributed by atoms with E-state index in [1.807, 2.05) is 30.1 Å². The van der Waals surface area contributed by atoms with Gasteiger partial charge in [0, 0.05) is 30.4 Å². The van der Waals surface area contributed by atoms with E-state index in [0.717, 1.165) is 12.0 Å². The van der Waals surface area contributed by atoms with E-state index in [1.54, 1.807) is 0 Å². The predicted molar refractivity (Wildman–Crippen MR) is 79.1 cm³/mol. The molecular formula is C16H22FN3. The first-order valence-electron chi connectivity index (χ1n) is 6.96. The number of benzene rings is 1. The summed E-state index contributed by atoms with van der Waals surface area (Å²) in [4.78, 5) is 0. The van der Waals surface area contributed by atoms with Gasteiger partial charge in [-0.3, -0.25) is 4.68 Å². The van der Waals surface area contributed by atoms with Gasteiger partial charge in [0.15, 0.2) is 0 Å². The molecule has 4 heteroatoms. The van der Waals surface area contributed by atoms with Crippen LogP contribution in [0.25, 0.3) is 0 Å². The molecule has 0 fully saturated rings. The van der Waals surface area contributed by atoms with E-state index in [-0.39, 0.29) is 11.9 Å². The molecule has 108 valence electrons. The Kier molecular flexibility index (Phi) is 4.55. The lowest BCUT2D eigenvalue weighted by Gasteiger charge is -2.20. The zero-order chi connectivity index (χ0) is 14.7. The Morgan fingerprint density at radius 1 is 1.25 bits per heavy atom. The molecule has 0 saturated heterocycles. The molecule has 0 aliphatic carbocycles. The highest BCUT2D eigenvalue weighted by molar-refractivity contribution is 5.21. The van der Waals surface area contributed by atoms with E-state index >= 15 is 0 Å². The van der Waals surface area contributed by atoms with Gasteiger partial charge in [0.2, 0.25) is 0 Å². The van der Waals surface area contributed by atoms with Crippen LogP contribution in [0.5, 0.6) is 0 Å². The van der Waals surface area contributed by atoms with Crippen molar-refractivity contribution in [3.8, 4) is 0 Å². The fourth-order valence-electron chi connectivity index (χ4n) is 2.49. The summed E-state index contributed by atoms with van der Waals surface area (Å²) in [5, 5.41) is 7.84. The molecule has 0 saturated carbocycles. The van der Waals surface area contributed by atoms with Gasteiger partial charge in [-0.1, -0.05) is 12.1 Å². The van der Waals surface area contributed by atoms with Crippen molar-refractivity contribution in [2.45, 2.75) is 39.3 Å². The minimum Gasteiger partial charge on any atom is -0.307 e. The topological polar surface area (TPSA) is 29.9 Å². The Morgan fingerprint density at radius 2 is 1.90 bits per heavy atom. The van der Waals surface area contributed by atoms with Crippen LogP contribution in [0, 0.1) is 12.7 Å². The van der Waals surface area contributed by atoms with Crippen LogP contribution in [0.15, 0.2) is 30.5 Å². The Labute approximate surface area is 119 Å². The van der Waals surface area contributed by atoms with E-state index in [9.17, 15) is 4.39 Å². The standard InChI is InChI=1S/C16H22FN3/c1-11(9-14-5-7-15(17)8-6-14)19-12(2)16-10-18-20(4)13(16)3/h5-8,10-12,19H,9H2,1-4H3. The van der Waals surface area contributed by atoms with Gasteiger partial charge in [-0.25, -0.2) is 4.39 Å². The maximum atomic E-state index is 12.9. The lowest BCUT2D eigenvalue weighted by Crippen LogP contribution is -2.31. The highest BCUT2D eigenvalue weighted by Crippen LogP contribution is 2.17. The Balaban J connectivity index is 1.95. The van der Waals surface area contributed by atoms with Gasteiger partial charge >= 0.3 is 0 Å². The Hall–Kier alpha value is -1.68. The summed E-state index contributed by atoms with van der Waals surface area (Å²) in [6.07, 6.45) is 2.79. The van der Waals surface area contributed by atoms with Crippen LogP contribution in [0.2, 0.25) is 0 Å². The van der Waals surface area contributed by atoms with Crippen molar-refractivity contribution in [3.63, 3.8) is 0 Å². The molecule has 1 heterocycles. The molecule has 2 unspecified atom stereocenters. The molecule has 0 bridgehead atoms. The van der Waals surface area contributed by atoms with E-state index in [1.165, 1.54) is 23.4 Å². The zero-order valence-corrected chi connectivity index (χ0v) is 12.5. The second-order valence-corrected chi connectivity index (χ2v) is 5.43. The highest BCUT2D eigenvalue weighted by atomic mass is 19.1. The molecule has 0 radical (unpaired) electrons. The third-order valence-electron chi connectivity index (χ3n) is 3.73. The SMILES string of the molecule is Cc1c(C(C)NC(C)Cc2ccc(F)cc2)cnn1C. The van der Waals surface area contributed by atoms with Crippen molar-refractivity contribution in [2.75, 3.05) is 0 Å². The summed E-state index contributed by atoms with van der Waals surface area (Å²) in [6, 6.07) is 7.27. The van der Waals surface area contributed by atoms with Crippen LogP contribution >= 0.6 is 0 Å². The molecule has 0 spiro atoms. The van der Waals surface area contributed by atoms with Crippen molar-refractivity contribution in [3.05, 3.63) is 53.1 Å². The van der Waals surface area contributed by atoms with E-state index in [4.69, 9.17) is 0 Å². The van der Waals surface area contributed by atoms with Gasteiger partial charge in [-0.15, -0.1) is 0 Å². The van der Waals surface area contributed by atoms with Crippen LogP contribution in [0.1, 0.15) is 36.7 Å². The molecule has 0 aliphatic rings. The number of rotatable bonds is 5. The quantitative estimate of drug-likeness (QED) is 0.908. The fraction of sp³-hybridized carbons (Fsp3) is 0.438. The lowest BCUT2D eigenvalue weighted by atomic mass is 10.0.